The van der Waals surface area contributed by atoms with Crippen LogP contribution in [0.25, 0.3) is 6.08 Å². The Bertz CT molecular complexity index is 858. The summed E-state index contributed by atoms with van der Waals surface area (Å²) in [6.45, 7) is 0. The maximum Gasteiger partial charge on any atom is 0.275 e. The summed E-state index contributed by atoms with van der Waals surface area (Å²) in [5, 5.41) is 4.00. The summed E-state index contributed by atoms with van der Waals surface area (Å²) in [4.78, 5) is 16.5. The Kier molecular flexibility index (Phi) is 5.41. The van der Waals surface area contributed by atoms with Crippen LogP contribution in [0, 0.1) is 0 Å². The first-order valence-electron chi connectivity index (χ1n) is 7.74. The van der Waals surface area contributed by atoms with Crippen molar-refractivity contribution < 1.29 is 9.53 Å². The van der Waals surface area contributed by atoms with Crippen molar-refractivity contribution in [1.29, 1.82) is 0 Å². The van der Waals surface area contributed by atoms with Crippen LogP contribution in [0.1, 0.15) is 17.5 Å². The Hall–Kier alpha value is -2.30. The van der Waals surface area contributed by atoms with Gasteiger partial charge in [0, 0.05) is 11.4 Å². The molecule has 1 N–H and O–H groups in total. The molecule has 1 amide bonds. The number of carbonyl (C=O) groups is 1. The van der Waals surface area contributed by atoms with Crippen molar-refractivity contribution in [3.8, 4) is 5.75 Å². The van der Waals surface area contributed by atoms with Crippen molar-refractivity contribution in [2.75, 3.05) is 7.11 Å². The maximum atomic E-state index is 12.1. The third kappa shape index (κ3) is 4.41. The molecule has 0 radical (unpaired) electrons. The summed E-state index contributed by atoms with van der Waals surface area (Å²) in [7, 11) is 1.56. The van der Waals surface area contributed by atoms with E-state index in [1.165, 1.54) is 0 Å². The Morgan fingerprint density at radius 3 is 2.56 bits per heavy atom. The van der Waals surface area contributed by atoms with Crippen molar-refractivity contribution in [3.05, 3.63) is 69.3 Å². The average molecular weight is 375 g/mol. The van der Waals surface area contributed by atoms with Crippen molar-refractivity contribution in [2.45, 2.75) is 12.8 Å². The minimum atomic E-state index is -0.210. The highest BCUT2D eigenvalue weighted by Crippen LogP contribution is 2.26. The zero-order chi connectivity index (χ0) is 17.8. The molecule has 2 aromatic rings. The first-order chi connectivity index (χ1) is 12.0. The SMILES string of the molecule is COc1ccc(/C=C2/N=C(CCc3ccc(Cl)cc3)NC2=O)cc1Cl. The Balaban J connectivity index is 1.71. The molecule has 0 aliphatic carbocycles. The van der Waals surface area contributed by atoms with Gasteiger partial charge in [-0.1, -0.05) is 41.4 Å². The van der Waals surface area contributed by atoms with Gasteiger partial charge >= 0.3 is 0 Å². The van der Waals surface area contributed by atoms with Crippen LogP contribution in [-0.2, 0) is 11.2 Å². The Morgan fingerprint density at radius 2 is 1.88 bits per heavy atom. The molecule has 0 spiro atoms. The van der Waals surface area contributed by atoms with Gasteiger partial charge in [0.05, 0.1) is 12.1 Å². The number of nitrogens with zero attached hydrogens (tertiary/aromatic N) is 1. The number of aliphatic imine (C=N–C) groups is 1. The van der Waals surface area contributed by atoms with Crippen LogP contribution in [0.15, 0.2) is 53.2 Å². The quantitative estimate of drug-likeness (QED) is 0.783. The number of hydrogen-bond donors (Lipinski definition) is 1. The number of rotatable bonds is 5. The number of amidine groups is 1. The van der Waals surface area contributed by atoms with Crippen LogP contribution in [0.2, 0.25) is 10.0 Å². The lowest BCUT2D eigenvalue weighted by Crippen LogP contribution is -2.24. The summed E-state index contributed by atoms with van der Waals surface area (Å²) in [6, 6.07) is 13.0. The van der Waals surface area contributed by atoms with Crippen LogP contribution in [-0.4, -0.2) is 18.9 Å². The van der Waals surface area contributed by atoms with Gasteiger partial charge in [0.2, 0.25) is 0 Å². The summed E-state index contributed by atoms with van der Waals surface area (Å²) >= 11 is 12.0. The molecule has 6 heteroatoms. The van der Waals surface area contributed by atoms with Crippen molar-refractivity contribution >= 4 is 41.0 Å². The molecule has 0 fully saturated rings. The number of benzene rings is 2. The van der Waals surface area contributed by atoms with Gasteiger partial charge < -0.3 is 10.1 Å². The third-order valence-corrected chi connectivity index (χ3v) is 4.34. The number of hydrogen-bond acceptors (Lipinski definition) is 3. The Morgan fingerprint density at radius 1 is 1.12 bits per heavy atom. The van der Waals surface area contributed by atoms with E-state index in [2.05, 4.69) is 10.3 Å². The number of nitrogens with one attached hydrogen (secondary N) is 1. The van der Waals surface area contributed by atoms with Gasteiger partial charge in [0.15, 0.2) is 0 Å². The van der Waals surface area contributed by atoms with E-state index in [1.54, 1.807) is 25.3 Å². The number of aryl methyl sites for hydroxylation is 1. The smallest absolute Gasteiger partial charge is 0.275 e. The zero-order valence-corrected chi connectivity index (χ0v) is 15.1. The van der Waals surface area contributed by atoms with Crippen molar-refractivity contribution in [1.82, 2.24) is 5.32 Å². The highest BCUT2D eigenvalue weighted by molar-refractivity contribution is 6.32. The van der Waals surface area contributed by atoms with E-state index in [-0.39, 0.29) is 5.91 Å². The topological polar surface area (TPSA) is 50.7 Å². The van der Waals surface area contributed by atoms with Gasteiger partial charge in [0.25, 0.3) is 5.91 Å². The molecule has 0 saturated heterocycles. The molecule has 4 nitrogen and oxygen atoms in total. The van der Waals surface area contributed by atoms with Gasteiger partial charge in [-0.25, -0.2) is 4.99 Å². The fraction of sp³-hybridized carbons (Fsp3) is 0.158. The lowest BCUT2D eigenvalue weighted by molar-refractivity contribution is -0.115. The molecule has 25 heavy (non-hydrogen) atoms. The highest BCUT2D eigenvalue weighted by Gasteiger charge is 2.19. The second kappa shape index (κ2) is 7.72. The number of halogens is 2. The average Bonchev–Trinajstić information content (AvgIpc) is 2.94. The van der Waals surface area contributed by atoms with Crippen LogP contribution in [0.5, 0.6) is 5.75 Å². The number of methoxy groups -OCH3 is 1. The largest absolute Gasteiger partial charge is 0.495 e. The molecule has 1 aliphatic heterocycles. The standard InChI is InChI=1S/C19H16Cl2N2O2/c1-25-17-8-4-13(10-15(17)21)11-16-19(24)23-18(22-16)9-5-12-2-6-14(20)7-3-12/h2-4,6-8,10-11H,5,9H2,1H3,(H,22,23,24)/b16-11+. The molecule has 0 aromatic heterocycles. The van der Waals surface area contributed by atoms with Gasteiger partial charge in [-0.2, -0.15) is 0 Å². The molecular formula is C19H16Cl2N2O2. The molecule has 3 rings (SSSR count). The minimum Gasteiger partial charge on any atom is -0.495 e. The van der Waals surface area contributed by atoms with Gasteiger partial charge in [-0.15, -0.1) is 0 Å². The predicted molar refractivity (Wildman–Crippen MR) is 101 cm³/mol. The summed E-state index contributed by atoms with van der Waals surface area (Å²) in [6.07, 6.45) is 3.13. The van der Waals surface area contributed by atoms with Crippen LogP contribution in [0.3, 0.4) is 0 Å². The van der Waals surface area contributed by atoms with E-state index < -0.39 is 0 Å². The van der Waals surface area contributed by atoms with E-state index in [0.29, 0.717) is 33.7 Å². The van der Waals surface area contributed by atoms with E-state index in [9.17, 15) is 4.79 Å². The first-order valence-corrected chi connectivity index (χ1v) is 8.49. The molecule has 0 atom stereocenters. The molecule has 0 bridgehead atoms. The third-order valence-electron chi connectivity index (χ3n) is 3.79. The number of ether oxygens (including phenoxy) is 1. The van der Waals surface area contributed by atoms with Crippen molar-refractivity contribution in [3.63, 3.8) is 0 Å². The number of amides is 1. The monoisotopic (exact) mass is 374 g/mol. The van der Waals surface area contributed by atoms with E-state index in [4.69, 9.17) is 27.9 Å². The van der Waals surface area contributed by atoms with Crippen LogP contribution in [0.4, 0.5) is 0 Å². The lowest BCUT2D eigenvalue weighted by Gasteiger charge is -2.03. The zero-order valence-electron chi connectivity index (χ0n) is 13.6. The minimum absolute atomic E-state index is 0.210. The molecule has 1 aliphatic rings. The number of carbonyl (C=O) groups excluding carboxylic acids is 1. The van der Waals surface area contributed by atoms with E-state index in [1.807, 2.05) is 30.3 Å². The molecule has 0 unspecified atom stereocenters. The van der Waals surface area contributed by atoms with Crippen molar-refractivity contribution in [2.24, 2.45) is 4.99 Å². The fourth-order valence-corrected chi connectivity index (χ4v) is 2.87. The van der Waals surface area contributed by atoms with E-state index in [0.717, 1.165) is 17.5 Å². The van der Waals surface area contributed by atoms with Gasteiger partial charge in [0.1, 0.15) is 17.3 Å². The second-order valence-electron chi connectivity index (χ2n) is 5.56. The molecule has 0 saturated carbocycles. The lowest BCUT2D eigenvalue weighted by atomic mass is 10.1. The predicted octanol–water partition coefficient (Wildman–Crippen LogP) is 4.50. The molecule has 128 valence electrons. The normalized spacial score (nSPS) is 15.2. The molecule has 2 aromatic carbocycles. The molecular weight excluding hydrogens is 359 g/mol. The van der Waals surface area contributed by atoms with Crippen LogP contribution >= 0.6 is 23.2 Å². The summed E-state index contributed by atoms with van der Waals surface area (Å²) in [5.74, 6) is 1.04. The second-order valence-corrected chi connectivity index (χ2v) is 6.41. The van der Waals surface area contributed by atoms with Gasteiger partial charge in [-0.05, 0) is 47.9 Å². The summed E-state index contributed by atoms with van der Waals surface area (Å²) in [5.41, 5.74) is 2.30. The molecule has 1 heterocycles. The summed E-state index contributed by atoms with van der Waals surface area (Å²) < 4.78 is 5.12. The van der Waals surface area contributed by atoms with Gasteiger partial charge in [-0.3, -0.25) is 4.79 Å². The maximum absolute atomic E-state index is 12.1. The first kappa shape index (κ1) is 17.5. The Labute approximate surface area is 156 Å². The van der Waals surface area contributed by atoms with Crippen LogP contribution < -0.4 is 10.1 Å². The fourth-order valence-electron chi connectivity index (χ4n) is 2.48. The van der Waals surface area contributed by atoms with E-state index >= 15 is 0 Å². The highest BCUT2D eigenvalue weighted by atomic mass is 35.5.